The highest BCUT2D eigenvalue weighted by Crippen LogP contribution is 2.37. The molecule has 0 unspecified atom stereocenters. The highest BCUT2D eigenvalue weighted by molar-refractivity contribution is 5.83. The Hall–Kier alpha value is -4.26. The van der Waals surface area contributed by atoms with E-state index in [-0.39, 0.29) is 11.8 Å². The van der Waals surface area contributed by atoms with Gasteiger partial charge in [0, 0.05) is 55.1 Å². The van der Waals surface area contributed by atoms with E-state index in [1.54, 1.807) is 19.5 Å². The van der Waals surface area contributed by atoms with Crippen molar-refractivity contribution in [3.05, 3.63) is 90.5 Å². The van der Waals surface area contributed by atoms with Gasteiger partial charge in [-0.05, 0) is 54.3 Å². The number of pyridine rings is 1. The quantitative estimate of drug-likeness (QED) is 0.393. The van der Waals surface area contributed by atoms with E-state index in [9.17, 15) is 4.79 Å². The van der Waals surface area contributed by atoms with Gasteiger partial charge in [0.15, 0.2) is 11.9 Å². The molecule has 7 nitrogen and oxygen atoms in total. The molecule has 2 aliphatic rings. The lowest BCUT2D eigenvalue weighted by atomic mass is 9.88. The summed E-state index contributed by atoms with van der Waals surface area (Å²) in [5.41, 5.74) is 5.05. The van der Waals surface area contributed by atoms with Gasteiger partial charge in [-0.15, -0.1) is 0 Å². The number of carbonyl (C=O) groups is 1. The highest BCUT2D eigenvalue weighted by atomic mass is 16.5. The number of carbonyl (C=O) groups excluding carboxylic acids is 1. The summed E-state index contributed by atoms with van der Waals surface area (Å²) in [6.07, 6.45) is 7.27. The van der Waals surface area contributed by atoms with Crippen LogP contribution in [0, 0.1) is 0 Å². The number of piperidine rings is 1. The summed E-state index contributed by atoms with van der Waals surface area (Å²) in [5.74, 6) is 2.57. The molecule has 1 fully saturated rings. The molecule has 2 aromatic heterocycles. The Balaban J connectivity index is 1.25. The zero-order valence-electron chi connectivity index (χ0n) is 20.7. The number of benzene rings is 2. The fraction of sp³-hybridized carbons (Fsp3) is 0.267. The van der Waals surface area contributed by atoms with Crippen molar-refractivity contribution >= 4 is 5.91 Å². The number of methoxy groups -OCH3 is 1. The number of nitrogens with zero attached hydrogens (tertiary/aromatic N) is 4. The van der Waals surface area contributed by atoms with Crippen LogP contribution in [-0.4, -0.2) is 52.1 Å². The lowest BCUT2D eigenvalue weighted by Gasteiger charge is -2.33. The van der Waals surface area contributed by atoms with Crippen LogP contribution in [0.3, 0.4) is 0 Å². The van der Waals surface area contributed by atoms with Gasteiger partial charge in [-0.1, -0.05) is 30.3 Å². The van der Waals surface area contributed by atoms with E-state index in [4.69, 9.17) is 19.4 Å². The summed E-state index contributed by atoms with van der Waals surface area (Å²) < 4.78 is 11.4. The molecule has 0 saturated carbocycles. The molecule has 0 N–H and O–H groups in total. The van der Waals surface area contributed by atoms with E-state index < -0.39 is 6.10 Å². The largest absolute Gasteiger partial charge is 0.497 e. The van der Waals surface area contributed by atoms with Crippen LogP contribution in [0.1, 0.15) is 30.0 Å². The Bertz CT molecular complexity index is 1390. The molecule has 0 radical (unpaired) electrons. The van der Waals surface area contributed by atoms with Crippen molar-refractivity contribution < 1.29 is 14.3 Å². The number of fused-ring (bicyclic) bond motifs is 1. The standard InChI is InChI=1S/C30H28N4O3/c1-36-24-7-4-6-22(17-24)25-19-32-29(21-9-13-31-14-10-21)33-28(25)20-11-15-34(16-12-20)30(35)27-18-23-5-2-3-8-26(23)37-27/h2-10,13-14,17,19-20,27H,11-12,15-16,18H2,1H3/t27-/m0/s1. The van der Waals surface area contributed by atoms with Crippen molar-refractivity contribution in [2.45, 2.75) is 31.3 Å². The Morgan fingerprint density at radius 1 is 1.00 bits per heavy atom. The van der Waals surface area contributed by atoms with Crippen LogP contribution in [0.4, 0.5) is 0 Å². The molecule has 4 heterocycles. The van der Waals surface area contributed by atoms with E-state index >= 15 is 0 Å². The molecular weight excluding hydrogens is 464 g/mol. The molecule has 7 heteroatoms. The van der Waals surface area contributed by atoms with Crippen molar-refractivity contribution in [2.24, 2.45) is 0 Å². The Morgan fingerprint density at radius 3 is 2.59 bits per heavy atom. The first-order valence-electron chi connectivity index (χ1n) is 12.6. The molecule has 1 atom stereocenters. The van der Waals surface area contributed by atoms with Gasteiger partial charge in [0.25, 0.3) is 5.91 Å². The maximum absolute atomic E-state index is 13.3. The number of rotatable bonds is 5. The van der Waals surface area contributed by atoms with Gasteiger partial charge >= 0.3 is 0 Å². The molecule has 2 aromatic carbocycles. The zero-order chi connectivity index (χ0) is 25.2. The fourth-order valence-corrected chi connectivity index (χ4v) is 5.26. The van der Waals surface area contributed by atoms with Crippen LogP contribution in [0.5, 0.6) is 11.5 Å². The zero-order valence-corrected chi connectivity index (χ0v) is 20.7. The molecule has 4 aromatic rings. The summed E-state index contributed by atoms with van der Waals surface area (Å²) in [7, 11) is 1.67. The van der Waals surface area contributed by atoms with Gasteiger partial charge < -0.3 is 14.4 Å². The average Bonchev–Trinajstić information content (AvgIpc) is 3.41. The van der Waals surface area contributed by atoms with Crippen molar-refractivity contribution in [1.29, 1.82) is 0 Å². The van der Waals surface area contributed by atoms with Crippen molar-refractivity contribution in [3.8, 4) is 34.0 Å². The lowest BCUT2D eigenvalue weighted by molar-refractivity contribution is -0.139. The first-order chi connectivity index (χ1) is 18.2. The first-order valence-corrected chi connectivity index (χ1v) is 12.6. The molecule has 0 spiro atoms. The van der Waals surface area contributed by atoms with E-state index in [2.05, 4.69) is 11.1 Å². The summed E-state index contributed by atoms with van der Waals surface area (Å²) in [4.78, 5) is 29.1. The van der Waals surface area contributed by atoms with E-state index in [0.29, 0.717) is 25.3 Å². The van der Waals surface area contributed by atoms with Crippen LogP contribution in [0.15, 0.2) is 79.3 Å². The molecule has 186 valence electrons. The molecule has 0 aliphatic carbocycles. The smallest absolute Gasteiger partial charge is 0.263 e. The van der Waals surface area contributed by atoms with Gasteiger partial charge in [-0.2, -0.15) is 0 Å². The number of hydrogen-bond donors (Lipinski definition) is 0. The van der Waals surface area contributed by atoms with E-state index in [1.807, 2.05) is 65.7 Å². The number of aromatic nitrogens is 3. The molecule has 37 heavy (non-hydrogen) atoms. The fourth-order valence-electron chi connectivity index (χ4n) is 5.26. The average molecular weight is 493 g/mol. The molecule has 6 rings (SSSR count). The van der Waals surface area contributed by atoms with Crippen LogP contribution < -0.4 is 9.47 Å². The Morgan fingerprint density at radius 2 is 1.81 bits per heavy atom. The van der Waals surface area contributed by atoms with Gasteiger partial charge in [0.2, 0.25) is 0 Å². The number of ether oxygens (including phenoxy) is 2. The van der Waals surface area contributed by atoms with Crippen molar-refractivity contribution in [2.75, 3.05) is 20.2 Å². The second kappa shape index (κ2) is 10.0. The normalized spacial score (nSPS) is 17.2. The predicted molar refractivity (Wildman–Crippen MR) is 140 cm³/mol. The summed E-state index contributed by atoms with van der Waals surface area (Å²) in [6.45, 7) is 1.34. The Labute approximate surface area is 216 Å². The SMILES string of the molecule is COc1cccc(-c2cnc(-c3ccncc3)nc2C2CCN(C(=O)[C@@H]3Cc4ccccc4O3)CC2)c1. The van der Waals surface area contributed by atoms with Crippen LogP contribution in [-0.2, 0) is 11.2 Å². The third kappa shape index (κ3) is 4.65. The minimum Gasteiger partial charge on any atom is -0.497 e. The first kappa shape index (κ1) is 23.2. The van der Waals surface area contributed by atoms with E-state index in [0.717, 1.165) is 52.3 Å². The maximum Gasteiger partial charge on any atom is 0.263 e. The third-order valence-electron chi connectivity index (χ3n) is 7.25. The highest BCUT2D eigenvalue weighted by Gasteiger charge is 2.35. The van der Waals surface area contributed by atoms with Crippen molar-refractivity contribution in [1.82, 2.24) is 19.9 Å². The number of likely N-dealkylation sites (tertiary alicyclic amines) is 1. The summed E-state index contributed by atoms with van der Waals surface area (Å²) >= 11 is 0. The monoisotopic (exact) mass is 492 g/mol. The molecule has 1 amide bonds. The maximum atomic E-state index is 13.3. The van der Waals surface area contributed by atoms with Gasteiger partial charge in [0.1, 0.15) is 11.5 Å². The minimum atomic E-state index is -0.432. The summed E-state index contributed by atoms with van der Waals surface area (Å²) in [6, 6.07) is 19.7. The second-order valence-corrected chi connectivity index (χ2v) is 9.48. The minimum absolute atomic E-state index is 0.0721. The summed E-state index contributed by atoms with van der Waals surface area (Å²) in [5, 5.41) is 0. The number of hydrogen-bond acceptors (Lipinski definition) is 6. The second-order valence-electron chi connectivity index (χ2n) is 9.48. The van der Waals surface area contributed by atoms with Gasteiger partial charge in [-0.25, -0.2) is 9.97 Å². The van der Waals surface area contributed by atoms with Crippen LogP contribution in [0.25, 0.3) is 22.5 Å². The topological polar surface area (TPSA) is 77.4 Å². The predicted octanol–water partition coefficient (Wildman–Crippen LogP) is 4.92. The van der Waals surface area contributed by atoms with Crippen LogP contribution in [0.2, 0.25) is 0 Å². The number of amides is 1. The molecular formula is C30H28N4O3. The van der Waals surface area contributed by atoms with Crippen LogP contribution >= 0.6 is 0 Å². The third-order valence-corrected chi connectivity index (χ3v) is 7.25. The van der Waals surface area contributed by atoms with Gasteiger partial charge in [-0.3, -0.25) is 9.78 Å². The van der Waals surface area contributed by atoms with Crippen molar-refractivity contribution in [3.63, 3.8) is 0 Å². The van der Waals surface area contributed by atoms with E-state index in [1.165, 1.54) is 0 Å². The molecule has 2 aliphatic heterocycles. The Kier molecular flexibility index (Phi) is 6.26. The lowest BCUT2D eigenvalue weighted by Crippen LogP contribution is -2.45. The molecule has 0 bridgehead atoms. The molecule has 1 saturated heterocycles. The van der Waals surface area contributed by atoms with Gasteiger partial charge in [0.05, 0.1) is 12.8 Å². The number of para-hydroxylation sites is 1.